The third-order valence-electron chi connectivity index (χ3n) is 1.86. The van der Waals surface area contributed by atoms with Gasteiger partial charge in [0.15, 0.2) is 0 Å². The molecule has 0 fully saturated rings. The summed E-state index contributed by atoms with van der Waals surface area (Å²) in [5.41, 5.74) is -0.00214. The Labute approximate surface area is 92.8 Å². The molecule has 0 saturated heterocycles. The average Bonchev–Trinajstić information content (AvgIpc) is 2.18. The molecule has 0 aliphatic rings. The van der Waals surface area contributed by atoms with Crippen LogP contribution in [0.5, 0.6) is 0 Å². The minimum absolute atomic E-state index is 0.00214. The van der Waals surface area contributed by atoms with E-state index in [1.165, 1.54) is 12.1 Å². The fraction of sp³-hybridized carbons (Fsp3) is 0.273. The maximum atomic E-state index is 13.5. The summed E-state index contributed by atoms with van der Waals surface area (Å²) >= 11 is 5.45. The molecule has 0 heterocycles. The second-order valence-electron chi connectivity index (χ2n) is 3.19. The molecule has 15 heavy (non-hydrogen) atoms. The first-order valence-electron chi connectivity index (χ1n) is 4.50. The summed E-state index contributed by atoms with van der Waals surface area (Å²) in [5, 5.41) is 2.86. The van der Waals surface area contributed by atoms with E-state index in [0.717, 1.165) is 0 Å². The van der Waals surface area contributed by atoms with Crippen molar-refractivity contribution in [2.45, 2.75) is 5.92 Å². The minimum atomic E-state index is -2.88. The highest BCUT2D eigenvalue weighted by molar-refractivity contribution is 6.29. The van der Waals surface area contributed by atoms with Crippen molar-refractivity contribution in [2.75, 3.05) is 13.1 Å². The molecule has 0 saturated carbocycles. The molecule has 1 N–H and O–H groups in total. The van der Waals surface area contributed by atoms with E-state index in [-0.39, 0.29) is 12.1 Å². The summed E-state index contributed by atoms with van der Waals surface area (Å²) in [4.78, 5) is 0. The fourth-order valence-electron chi connectivity index (χ4n) is 1.14. The molecule has 0 amide bonds. The van der Waals surface area contributed by atoms with E-state index >= 15 is 0 Å². The van der Waals surface area contributed by atoms with Crippen molar-refractivity contribution in [3.05, 3.63) is 47.5 Å². The Kier molecular flexibility index (Phi) is 4.24. The van der Waals surface area contributed by atoms with Crippen LogP contribution in [-0.4, -0.2) is 13.1 Å². The normalized spacial score (nSPS) is 11.4. The van der Waals surface area contributed by atoms with Gasteiger partial charge in [-0.2, -0.15) is 8.78 Å². The van der Waals surface area contributed by atoms with Gasteiger partial charge in [0.1, 0.15) is 0 Å². The van der Waals surface area contributed by atoms with Crippen LogP contribution in [0.1, 0.15) is 5.56 Å². The molecule has 0 atom stereocenters. The standard InChI is InChI=1S/C11H12ClF2N/c1-9(12)7-15-8-11(13,14)10-5-3-2-4-6-10/h2-6,15H,1,7-8H2. The van der Waals surface area contributed by atoms with Crippen LogP contribution in [0.2, 0.25) is 0 Å². The predicted octanol–water partition coefficient (Wildman–Crippen LogP) is 3.12. The molecule has 0 aliphatic heterocycles. The topological polar surface area (TPSA) is 12.0 Å². The van der Waals surface area contributed by atoms with E-state index in [0.29, 0.717) is 5.03 Å². The van der Waals surface area contributed by atoms with Crippen molar-refractivity contribution in [1.29, 1.82) is 0 Å². The zero-order chi connectivity index (χ0) is 11.3. The van der Waals surface area contributed by atoms with Crippen molar-refractivity contribution in [3.63, 3.8) is 0 Å². The lowest BCUT2D eigenvalue weighted by atomic mass is 10.1. The Morgan fingerprint density at radius 3 is 2.47 bits per heavy atom. The Hall–Kier alpha value is -0.930. The molecule has 1 aromatic carbocycles. The van der Waals surface area contributed by atoms with Crippen molar-refractivity contribution < 1.29 is 8.78 Å². The van der Waals surface area contributed by atoms with Gasteiger partial charge in [-0.3, -0.25) is 0 Å². The number of hydrogen-bond donors (Lipinski definition) is 1. The van der Waals surface area contributed by atoms with Crippen LogP contribution in [0.3, 0.4) is 0 Å². The lowest BCUT2D eigenvalue weighted by Gasteiger charge is -2.17. The van der Waals surface area contributed by atoms with Gasteiger partial charge in [0.25, 0.3) is 5.92 Å². The van der Waals surface area contributed by atoms with Crippen LogP contribution < -0.4 is 5.32 Å². The first-order valence-corrected chi connectivity index (χ1v) is 4.87. The summed E-state index contributed by atoms with van der Waals surface area (Å²) in [6.07, 6.45) is 0. The van der Waals surface area contributed by atoms with Crippen LogP contribution in [0, 0.1) is 0 Å². The third-order valence-corrected chi connectivity index (χ3v) is 1.99. The van der Waals surface area contributed by atoms with E-state index in [2.05, 4.69) is 11.9 Å². The minimum Gasteiger partial charge on any atom is -0.306 e. The predicted molar refractivity (Wildman–Crippen MR) is 58.2 cm³/mol. The molecule has 1 rings (SSSR count). The average molecular weight is 232 g/mol. The molecule has 0 bridgehead atoms. The van der Waals surface area contributed by atoms with Gasteiger partial charge in [-0.1, -0.05) is 48.5 Å². The maximum Gasteiger partial charge on any atom is 0.285 e. The number of nitrogens with one attached hydrogen (secondary N) is 1. The molecule has 0 unspecified atom stereocenters. The Balaban J connectivity index is 2.56. The molecule has 0 radical (unpaired) electrons. The van der Waals surface area contributed by atoms with Gasteiger partial charge < -0.3 is 5.32 Å². The fourth-order valence-corrected chi connectivity index (χ4v) is 1.23. The van der Waals surface area contributed by atoms with Gasteiger partial charge >= 0.3 is 0 Å². The monoisotopic (exact) mass is 231 g/mol. The Morgan fingerprint density at radius 1 is 1.33 bits per heavy atom. The van der Waals surface area contributed by atoms with E-state index < -0.39 is 12.5 Å². The van der Waals surface area contributed by atoms with Gasteiger partial charge in [-0.15, -0.1) is 0 Å². The maximum absolute atomic E-state index is 13.5. The van der Waals surface area contributed by atoms with Crippen LogP contribution in [0.25, 0.3) is 0 Å². The molecule has 0 aromatic heterocycles. The quantitative estimate of drug-likeness (QED) is 0.821. The largest absolute Gasteiger partial charge is 0.306 e. The summed E-state index contributed by atoms with van der Waals surface area (Å²) < 4.78 is 26.9. The van der Waals surface area contributed by atoms with Crippen molar-refractivity contribution in [3.8, 4) is 0 Å². The molecular weight excluding hydrogens is 220 g/mol. The summed E-state index contributed by atoms with van der Waals surface area (Å²) in [5.74, 6) is -2.88. The van der Waals surface area contributed by atoms with E-state index in [1.54, 1.807) is 18.2 Å². The summed E-state index contributed by atoms with van der Waals surface area (Å²) in [7, 11) is 0. The highest BCUT2D eigenvalue weighted by Crippen LogP contribution is 2.26. The van der Waals surface area contributed by atoms with Crippen LogP contribution in [-0.2, 0) is 5.92 Å². The molecule has 82 valence electrons. The lowest BCUT2D eigenvalue weighted by Crippen LogP contribution is -2.31. The van der Waals surface area contributed by atoms with E-state index in [1.807, 2.05) is 0 Å². The van der Waals surface area contributed by atoms with Crippen LogP contribution >= 0.6 is 11.6 Å². The van der Waals surface area contributed by atoms with E-state index in [4.69, 9.17) is 11.6 Å². The molecule has 4 heteroatoms. The SMILES string of the molecule is C=C(Cl)CNCC(F)(F)c1ccccc1. The summed E-state index contributed by atoms with van der Waals surface area (Å²) in [6.45, 7) is 3.15. The molecule has 1 aromatic rings. The number of benzene rings is 1. The second-order valence-corrected chi connectivity index (χ2v) is 3.73. The summed E-state index contributed by atoms with van der Waals surface area (Å²) in [6, 6.07) is 7.68. The highest BCUT2D eigenvalue weighted by Gasteiger charge is 2.30. The van der Waals surface area contributed by atoms with Crippen LogP contribution in [0.4, 0.5) is 8.78 Å². The zero-order valence-electron chi connectivity index (χ0n) is 8.14. The van der Waals surface area contributed by atoms with Gasteiger partial charge in [-0.25, -0.2) is 0 Å². The number of hydrogen-bond acceptors (Lipinski definition) is 1. The van der Waals surface area contributed by atoms with Gasteiger partial charge in [0.05, 0.1) is 6.54 Å². The van der Waals surface area contributed by atoms with Crippen molar-refractivity contribution in [2.24, 2.45) is 0 Å². The third kappa shape index (κ3) is 3.98. The molecule has 1 nitrogen and oxygen atoms in total. The van der Waals surface area contributed by atoms with Gasteiger partial charge in [0.2, 0.25) is 0 Å². The zero-order valence-corrected chi connectivity index (χ0v) is 8.90. The number of rotatable bonds is 5. The first-order chi connectivity index (χ1) is 7.02. The van der Waals surface area contributed by atoms with E-state index in [9.17, 15) is 8.78 Å². The lowest BCUT2D eigenvalue weighted by molar-refractivity contribution is -0.00224. The molecular formula is C11H12ClF2N. The van der Waals surface area contributed by atoms with Crippen molar-refractivity contribution in [1.82, 2.24) is 5.32 Å². The van der Waals surface area contributed by atoms with Gasteiger partial charge in [-0.05, 0) is 0 Å². The first kappa shape index (κ1) is 12.1. The highest BCUT2D eigenvalue weighted by atomic mass is 35.5. The van der Waals surface area contributed by atoms with Crippen LogP contribution in [0.15, 0.2) is 41.9 Å². The molecule has 0 aliphatic carbocycles. The Morgan fingerprint density at radius 2 is 1.93 bits per heavy atom. The van der Waals surface area contributed by atoms with Gasteiger partial charge in [0, 0.05) is 17.1 Å². The molecule has 0 spiro atoms. The Bertz CT molecular complexity index is 325. The smallest absolute Gasteiger partial charge is 0.285 e. The van der Waals surface area contributed by atoms with Crippen molar-refractivity contribution >= 4 is 11.6 Å². The second kappa shape index (κ2) is 5.24. The number of alkyl halides is 2. The number of halogens is 3.